The Labute approximate surface area is 72.0 Å². The first-order chi connectivity index (χ1) is 5.27. The summed E-state index contributed by atoms with van der Waals surface area (Å²) in [7, 11) is 0. The van der Waals surface area contributed by atoms with Gasteiger partial charge in [-0.15, -0.1) is 0 Å². The van der Waals surface area contributed by atoms with Gasteiger partial charge in [-0.2, -0.15) is 0 Å². The molecule has 0 aliphatic carbocycles. The Bertz CT molecular complexity index is 393. The van der Waals surface area contributed by atoms with Crippen molar-refractivity contribution < 1.29 is 0 Å². The van der Waals surface area contributed by atoms with E-state index in [0.717, 1.165) is 21.3 Å². The van der Waals surface area contributed by atoms with Crippen molar-refractivity contribution in [3.63, 3.8) is 0 Å². The molecule has 4 heteroatoms. The second-order valence-electron chi connectivity index (χ2n) is 2.35. The predicted octanol–water partition coefficient (Wildman–Crippen LogP) is 2.03. The molecule has 56 valence electrons. The smallest absolute Gasteiger partial charge is 0.134 e. The minimum Gasteiger partial charge on any atom is -0.344 e. The molecule has 2 heterocycles. The monoisotopic (exact) mass is 211 g/mol. The minimum atomic E-state index is 0.800. The van der Waals surface area contributed by atoms with E-state index in [0.29, 0.717) is 0 Å². The molecular weight excluding hydrogens is 206 g/mol. The number of nitrogens with one attached hydrogen (secondary N) is 1. The molecule has 0 saturated heterocycles. The summed E-state index contributed by atoms with van der Waals surface area (Å²) in [6.07, 6.45) is 1.66. The van der Waals surface area contributed by atoms with Crippen LogP contribution < -0.4 is 0 Å². The van der Waals surface area contributed by atoms with Gasteiger partial charge in [0.2, 0.25) is 0 Å². The van der Waals surface area contributed by atoms with Crippen LogP contribution in [0, 0.1) is 6.92 Å². The molecular formula is C7H6BrN3. The number of aromatic nitrogens is 3. The second-order valence-corrected chi connectivity index (χ2v) is 3.10. The third kappa shape index (κ3) is 1.03. The standard InChI is InChI=1S/C7H6BrN3/c1-4-2-5-6(7(8)11-4)10-3-9-5/h2-3H,1H3,(H,9,10). The lowest BCUT2D eigenvalue weighted by atomic mass is 10.3. The molecule has 11 heavy (non-hydrogen) atoms. The topological polar surface area (TPSA) is 41.6 Å². The van der Waals surface area contributed by atoms with Crippen molar-refractivity contribution in [2.45, 2.75) is 6.92 Å². The molecule has 0 aliphatic heterocycles. The van der Waals surface area contributed by atoms with Gasteiger partial charge in [-0.3, -0.25) is 0 Å². The molecule has 0 unspecified atom stereocenters. The van der Waals surface area contributed by atoms with E-state index in [1.165, 1.54) is 0 Å². The van der Waals surface area contributed by atoms with Crippen molar-refractivity contribution in [3.05, 3.63) is 22.7 Å². The van der Waals surface area contributed by atoms with Gasteiger partial charge >= 0.3 is 0 Å². The van der Waals surface area contributed by atoms with Crippen molar-refractivity contribution in [2.75, 3.05) is 0 Å². The lowest BCUT2D eigenvalue weighted by Gasteiger charge is -1.93. The molecule has 0 fully saturated rings. The summed E-state index contributed by atoms with van der Waals surface area (Å²) in [4.78, 5) is 11.3. The lowest BCUT2D eigenvalue weighted by Crippen LogP contribution is -1.82. The maximum atomic E-state index is 4.21. The fourth-order valence-corrected chi connectivity index (χ4v) is 1.62. The van der Waals surface area contributed by atoms with Crippen molar-refractivity contribution in [3.8, 4) is 0 Å². The van der Waals surface area contributed by atoms with E-state index in [1.807, 2.05) is 13.0 Å². The van der Waals surface area contributed by atoms with Crippen LogP contribution in [0.5, 0.6) is 0 Å². The predicted molar refractivity (Wildman–Crippen MR) is 46.3 cm³/mol. The van der Waals surface area contributed by atoms with Crippen LogP contribution in [0.3, 0.4) is 0 Å². The number of halogens is 1. The van der Waals surface area contributed by atoms with Gasteiger partial charge in [0.1, 0.15) is 10.1 Å². The number of rotatable bonds is 0. The summed E-state index contributed by atoms with van der Waals surface area (Å²) in [6, 6.07) is 1.97. The lowest BCUT2D eigenvalue weighted by molar-refractivity contribution is 1.18. The Morgan fingerprint density at radius 3 is 3.18 bits per heavy atom. The summed E-state index contributed by atoms with van der Waals surface area (Å²) in [5, 5.41) is 0. The van der Waals surface area contributed by atoms with Crippen molar-refractivity contribution >= 4 is 27.0 Å². The largest absolute Gasteiger partial charge is 0.344 e. The quantitative estimate of drug-likeness (QED) is 0.678. The number of hydrogen-bond acceptors (Lipinski definition) is 2. The van der Waals surface area contributed by atoms with E-state index in [4.69, 9.17) is 0 Å². The second kappa shape index (κ2) is 2.30. The van der Waals surface area contributed by atoms with E-state index in [9.17, 15) is 0 Å². The maximum Gasteiger partial charge on any atom is 0.134 e. The number of nitrogens with zero attached hydrogens (tertiary/aromatic N) is 2. The van der Waals surface area contributed by atoms with E-state index < -0.39 is 0 Å². The van der Waals surface area contributed by atoms with Gasteiger partial charge in [0.25, 0.3) is 0 Å². The van der Waals surface area contributed by atoms with E-state index in [1.54, 1.807) is 6.33 Å². The van der Waals surface area contributed by atoms with Gasteiger partial charge in [0, 0.05) is 5.69 Å². The summed E-state index contributed by atoms with van der Waals surface area (Å²) in [6.45, 7) is 1.95. The number of H-pyrrole nitrogens is 1. The zero-order chi connectivity index (χ0) is 7.84. The summed E-state index contributed by atoms with van der Waals surface area (Å²) in [5.41, 5.74) is 2.88. The molecule has 3 nitrogen and oxygen atoms in total. The normalized spacial score (nSPS) is 10.7. The summed E-state index contributed by atoms with van der Waals surface area (Å²) in [5.74, 6) is 0. The van der Waals surface area contributed by atoms with Crippen LogP contribution in [0.2, 0.25) is 0 Å². The minimum absolute atomic E-state index is 0.800. The van der Waals surface area contributed by atoms with Crippen LogP contribution in [-0.2, 0) is 0 Å². The first-order valence-electron chi connectivity index (χ1n) is 3.23. The molecule has 2 aromatic rings. The zero-order valence-electron chi connectivity index (χ0n) is 5.93. The van der Waals surface area contributed by atoms with Crippen LogP contribution in [-0.4, -0.2) is 15.0 Å². The first-order valence-corrected chi connectivity index (χ1v) is 4.03. The number of aromatic amines is 1. The van der Waals surface area contributed by atoms with Crippen LogP contribution in [0.15, 0.2) is 17.0 Å². The summed E-state index contributed by atoms with van der Waals surface area (Å²) >= 11 is 3.33. The number of fused-ring (bicyclic) bond motifs is 1. The molecule has 2 rings (SSSR count). The average Bonchev–Trinajstić information content (AvgIpc) is 2.34. The van der Waals surface area contributed by atoms with Crippen LogP contribution in [0.4, 0.5) is 0 Å². The molecule has 0 spiro atoms. The highest BCUT2D eigenvalue weighted by atomic mass is 79.9. The number of pyridine rings is 1. The first kappa shape index (κ1) is 6.79. The molecule has 0 atom stereocenters. The van der Waals surface area contributed by atoms with E-state index in [-0.39, 0.29) is 0 Å². The molecule has 0 radical (unpaired) electrons. The van der Waals surface area contributed by atoms with Crippen molar-refractivity contribution in [1.29, 1.82) is 0 Å². The van der Waals surface area contributed by atoms with E-state index >= 15 is 0 Å². The van der Waals surface area contributed by atoms with Gasteiger partial charge in [0.15, 0.2) is 0 Å². The maximum absolute atomic E-state index is 4.21. The molecule has 2 aromatic heterocycles. The number of hydrogen-bond donors (Lipinski definition) is 1. The highest BCUT2D eigenvalue weighted by molar-refractivity contribution is 9.10. The van der Waals surface area contributed by atoms with Crippen LogP contribution in [0.25, 0.3) is 11.0 Å². The van der Waals surface area contributed by atoms with Crippen LogP contribution in [0.1, 0.15) is 5.69 Å². The van der Waals surface area contributed by atoms with Gasteiger partial charge in [0.05, 0.1) is 11.8 Å². The Balaban J connectivity index is 2.91. The van der Waals surface area contributed by atoms with Crippen LogP contribution >= 0.6 is 15.9 Å². The van der Waals surface area contributed by atoms with Gasteiger partial charge in [-0.05, 0) is 28.9 Å². The number of aryl methyl sites for hydroxylation is 1. The molecule has 0 saturated carbocycles. The molecule has 0 bridgehead atoms. The molecule has 0 aliphatic rings. The Morgan fingerprint density at radius 1 is 1.55 bits per heavy atom. The number of imidazole rings is 1. The highest BCUT2D eigenvalue weighted by Crippen LogP contribution is 2.18. The third-order valence-corrected chi connectivity index (χ3v) is 2.04. The molecule has 1 N–H and O–H groups in total. The van der Waals surface area contributed by atoms with Gasteiger partial charge in [-0.1, -0.05) is 0 Å². The van der Waals surface area contributed by atoms with Crippen molar-refractivity contribution in [1.82, 2.24) is 15.0 Å². The van der Waals surface area contributed by atoms with E-state index in [2.05, 4.69) is 30.9 Å². The Hall–Kier alpha value is -0.900. The average molecular weight is 212 g/mol. The fourth-order valence-electron chi connectivity index (χ4n) is 1.03. The van der Waals surface area contributed by atoms with Crippen molar-refractivity contribution in [2.24, 2.45) is 0 Å². The fraction of sp³-hybridized carbons (Fsp3) is 0.143. The zero-order valence-corrected chi connectivity index (χ0v) is 7.51. The molecule has 0 aromatic carbocycles. The van der Waals surface area contributed by atoms with Gasteiger partial charge < -0.3 is 4.98 Å². The highest BCUT2D eigenvalue weighted by Gasteiger charge is 2.01. The third-order valence-electron chi connectivity index (χ3n) is 1.49. The summed E-state index contributed by atoms with van der Waals surface area (Å²) < 4.78 is 0.800. The Morgan fingerprint density at radius 2 is 2.36 bits per heavy atom. The van der Waals surface area contributed by atoms with Gasteiger partial charge in [-0.25, -0.2) is 9.97 Å². The Kier molecular flexibility index (Phi) is 1.42. The molecule has 0 amide bonds. The SMILES string of the molecule is Cc1cc2[nH]cnc2c(Br)n1.